The number of hydrogen-bond acceptors (Lipinski definition) is 3. The number of aryl methyl sites for hydroxylation is 1. The number of aromatic amines is 1. The predicted molar refractivity (Wildman–Crippen MR) is 127 cm³/mol. The number of H-pyrrole nitrogens is 1. The summed E-state index contributed by atoms with van der Waals surface area (Å²) >= 11 is 0. The summed E-state index contributed by atoms with van der Waals surface area (Å²) in [6.45, 7) is 4.26. The number of piperidine rings is 1. The van der Waals surface area contributed by atoms with Gasteiger partial charge < -0.3 is 15.2 Å². The standard InChI is InChI=1S/C26H26N4O/c1-18-5-7-19(8-6-18)25-28-23-14-11-21(17-24(23)29-25)27-26(31)20-9-12-22(13-10-20)30-15-3-2-4-16-30/h5-14,17H,2-4,15-16H2,1H3,(H,27,31)(H,28,29). The van der Waals surface area contributed by atoms with E-state index in [0.29, 0.717) is 5.56 Å². The fourth-order valence-corrected chi connectivity index (χ4v) is 4.11. The van der Waals surface area contributed by atoms with Crippen molar-refractivity contribution in [3.8, 4) is 11.4 Å². The number of carbonyl (C=O) groups is 1. The van der Waals surface area contributed by atoms with Crippen molar-refractivity contribution in [1.29, 1.82) is 0 Å². The van der Waals surface area contributed by atoms with Crippen LogP contribution < -0.4 is 10.2 Å². The molecule has 1 aliphatic heterocycles. The van der Waals surface area contributed by atoms with Crippen molar-refractivity contribution in [3.05, 3.63) is 77.9 Å². The summed E-state index contributed by atoms with van der Waals surface area (Å²) in [4.78, 5) is 23.2. The lowest BCUT2D eigenvalue weighted by Gasteiger charge is -2.28. The molecule has 1 amide bonds. The van der Waals surface area contributed by atoms with Gasteiger partial charge in [0.1, 0.15) is 5.82 Å². The van der Waals surface area contributed by atoms with E-state index in [2.05, 4.69) is 51.4 Å². The molecule has 3 aromatic carbocycles. The smallest absolute Gasteiger partial charge is 0.255 e. The monoisotopic (exact) mass is 410 g/mol. The number of amides is 1. The van der Waals surface area contributed by atoms with Gasteiger partial charge in [-0.15, -0.1) is 0 Å². The second-order valence-corrected chi connectivity index (χ2v) is 8.23. The molecule has 5 heteroatoms. The lowest BCUT2D eigenvalue weighted by atomic mass is 10.1. The van der Waals surface area contributed by atoms with Gasteiger partial charge in [0.25, 0.3) is 5.91 Å². The van der Waals surface area contributed by atoms with E-state index in [4.69, 9.17) is 0 Å². The Hall–Kier alpha value is -3.60. The first-order valence-corrected chi connectivity index (χ1v) is 10.9. The molecule has 1 aliphatic rings. The Kier molecular flexibility index (Phi) is 5.16. The molecule has 5 rings (SSSR count). The number of benzene rings is 3. The molecule has 1 aromatic heterocycles. The molecular weight excluding hydrogens is 384 g/mol. The second-order valence-electron chi connectivity index (χ2n) is 8.23. The zero-order valence-electron chi connectivity index (χ0n) is 17.7. The van der Waals surface area contributed by atoms with E-state index in [0.717, 1.165) is 41.2 Å². The van der Waals surface area contributed by atoms with Crippen LogP contribution in [0.5, 0.6) is 0 Å². The number of nitrogens with zero attached hydrogens (tertiary/aromatic N) is 2. The third-order valence-electron chi connectivity index (χ3n) is 5.92. The third-order valence-corrected chi connectivity index (χ3v) is 5.92. The highest BCUT2D eigenvalue weighted by Gasteiger charge is 2.13. The number of fused-ring (bicyclic) bond motifs is 1. The minimum Gasteiger partial charge on any atom is -0.372 e. The highest BCUT2D eigenvalue weighted by atomic mass is 16.1. The summed E-state index contributed by atoms with van der Waals surface area (Å²) in [5, 5.41) is 3.01. The van der Waals surface area contributed by atoms with Crippen LogP contribution in [0.25, 0.3) is 22.4 Å². The second kappa shape index (κ2) is 8.26. The number of nitrogens with one attached hydrogen (secondary N) is 2. The minimum atomic E-state index is -0.109. The number of rotatable bonds is 4. The zero-order chi connectivity index (χ0) is 21.2. The Labute approximate surface area is 182 Å². The molecule has 4 aromatic rings. The van der Waals surface area contributed by atoms with E-state index in [-0.39, 0.29) is 5.91 Å². The molecule has 0 spiro atoms. The van der Waals surface area contributed by atoms with Crippen LogP contribution in [0.1, 0.15) is 35.2 Å². The molecular formula is C26H26N4O. The molecule has 0 radical (unpaired) electrons. The first-order valence-electron chi connectivity index (χ1n) is 10.9. The first kappa shape index (κ1) is 19.4. The maximum absolute atomic E-state index is 12.7. The van der Waals surface area contributed by atoms with Gasteiger partial charge in [-0.25, -0.2) is 4.98 Å². The number of anilines is 2. The molecule has 31 heavy (non-hydrogen) atoms. The minimum absolute atomic E-state index is 0.109. The van der Waals surface area contributed by atoms with E-state index in [9.17, 15) is 4.79 Å². The summed E-state index contributed by atoms with van der Waals surface area (Å²) in [5.74, 6) is 0.717. The fourth-order valence-electron chi connectivity index (χ4n) is 4.11. The van der Waals surface area contributed by atoms with Crippen molar-refractivity contribution in [3.63, 3.8) is 0 Å². The summed E-state index contributed by atoms with van der Waals surface area (Å²) in [7, 11) is 0. The average Bonchev–Trinajstić information content (AvgIpc) is 3.23. The maximum Gasteiger partial charge on any atom is 0.255 e. The van der Waals surface area contributed by atoms with Crippen LogP contribution in [-0.2, 0) is 0 Å². The average molecular weight is 411 g/mol. The van der Waals surface area contributed by atoms with Gasteiger partial charge in [-0.2, -0.15) is 0 Å². The van der Waals surface area contributed by atoms with Crippen molar-refractivity contribution < 1.29 is 4.79 Å². The fraction of sp³-hybridized carbons (Fsp3) is 0.231. The molecule has 0 aliphatic carbocycles. The number of aromatic nitrogens is 2. The Morgan fingerprint density at radius 1 is 0.935 bits per heavy atom. The van der Waals surface area contributed by atoms with Gasteiger partial charge in [0.15, 0.2) is 0 Å². The summed E-state index contributed by atoms with van der Waals surface area (Å²) in [6, 6.07) is 21.9. The van der Waals surface area contributed by atoms with Crippen LogP contribution in [0.15, 0.2) is 66.7 Å². The van der Waals surface area contributed by atoms with Gasteiger partial charge in [0.2, 0.25) is 0 Å². The number of imidazole rings is 1. The van der Waals surface area contributed by atoms with Crippen molar-refractivity contribution in [2.45, 2.75) is 26.2 Å². The molecule has 1 saturated heterocycles. The largest absolute Gasteiger partial charge is 0.372 e. The molecule has 2 heterocycles. The molecule has 0 saturated carbocycles. The molecule has 1 fully saturated rings. The Balaban J connectivity index is 1.31. The Morgan fingerprint density at radius 2 is 1.68 bits per heavy atom. The van der Waals surface area contributed by atoms with Crippen molar-refractivity contribution in [2.24, 2.45) is 0 Å². The van der Waals surface area contributed by atoms with Gasteiger partial charge in [-0.05, 0) is 68.7 Å². The van der Waals surface area contributed by atoms with Gasteiger partial charge >= 0.3 is 0 Å². The summed E-state index contributed by atoms with van der Waals surface area (Å²) in [5.41, 5.74) is 6.63. The third kappa shape index (κ3) is 4.17. The predicted octanol–water partition coefficient (Wildman–Crippen LogP) is 5.78. The van der Waals surface area contributed by atoms with Crippen LogP contribution in [-0.4, -0.2) is 29.0 Å². The quantitative estimate of drug-likeness (QED) is 0.448. The van der Waals surface area contributed by atoms with Crippen molar-refractivity contribution in [1.82, 2.24) is 9.97 Å². The topological polar surface area (TPSA) is 61.0 Å². The Bertz CT molecular complexity index is 1200. The van der Waals surface area contributed by atoms with Crippen LogP contribution >= 0.6 is 0 Å². The summed E-state index contributed by atoms with van der Waals surface area (Å²) in [6.07, 6.45) is 3.79. The molecule has 5 nitrogen and oxygen atoms in total. The lowest BCUT2D eigenvalue weighted by molar-refractivity contribution is 0.102. The van der Waals surface area contributed by atoms with Gasteiger partial charge in [-0.3, -0.25) is 4.79 Å². The highest BCUT2D eigenvalue weighted by molar-refractivity contribution is 6.05. The highest BCUT2D eigenvalue weighted by Crippen LogP contribution is 2.24. The van der Waals surface area contributed by atoms with E-state index in [1.807, 2.05) is 42.5 Å². The van der Waals surface area contributed by atoms with Gasteiger partial charge in [0, 0.05) is 35.6 Å². The van der Waals surface area contributed by atoms with Crippen LogP contribution in [0.2, 0.25) is 0 Å². The Morgan fingerprint density at radius 3 is 2.42 bits per heavy atom. The van der Waals surface area contributed by atoms with Gasteiger partial charge in [0.05, 0.1) is 11.0 Å². The molecule has 0 unspecified atom stereocenters. The molecule has 0 atom stereocenters. The normalized spacial score (nSPS) is 14.0. The molecule has 0 bridgehead atoms. The zero-order valence-corrected chi connectivity index (χ0v) is 17.7. The first-order chi connectivity index (χ1) is 15.2. The number of hydrogen-bond donors (Lipinski definition) is 2. The molecule has 2 N–H and O–H groups in total. The number of carbonyl (C=O) groups excluding carboxylic acids is 1. The van der Waals surface area contributed by atoms with E-state index in [1.165, 1.54) is 30.5 Å². The summed E-state index contributed by atoms with van der Waals surface area (Å²) < 4.78 is 0. The molecule has 156 valence electrons. The lowest BCUT2D eigenvalue weighted by Crippen LogP contribution is -2.29. The van der Waals surface area contributed by atoms with Gasteiger partial charge in [-0.1, -0.05) is 29.8 Å². The van der Waals surface area contributed by atoms with E-state index < -0.39 is 0 Å². The van der Waals surface area contributed by atoms with E-state index in [1.54, 1.807) is 0 Å². The van der Waals surface area contributed by atoms with Crippen LogP contribution in [0, 0.1) is 6.92 Å². The van der Waals surface area contributed by atoms with Crippen LogP contribution in [0.3, 0.4) is 0 Å². The van der Waals surface area contributed by atoms with Crippen molar-refractivity contribution in [2.75, 3.05) is 23.3 Å². The SMILES string of the molecule is Cc1ccc(-c2nc3ccc(NC(=O)c4ccc(N5CCCCC5)cc4)cc3[nH]2)cc1. The van der Waals surface area contributed by atoms with Crippen molar-refractivity contribution >= 4 is 28.3 Å². The van der Waals surface area contributed by atoms with E-state index >= 15 is 0 Å². The maximum atomic E-state index is 12.7. The van der Waals surface area contributed by atoms with Crippen LogP contribution in [0.4, 0.5) is 11.4 Å².